The molecule has 1 aromatic heterocycles. The van der Waals surface area contributed by atoms with Crippen molar-refractivity contribution in [3.05, 3.63) is 34.2 Å². The van der Waals surface area contributed by atoms with Crippen LogP contribution < -0.4 is 0 Å². The van der Waals surface area contributed by atoms with Crippen LogP contribution >= 0.6 is 11.3 Å². The molecule has 0 saturated heterocycles. The summed E-state index contributed by atoms with van der Waals surface area (Å²) in [5, 5.41) is 1.18. The second-order valence-electron chi connectivity index (χ2n) is 3.19. The zero-order valence-electron chi connectivity index (χ0n) is 7.63. The molecule has 0 amide bonds. The van der Waals surface area contributed by atoms with E-state index in [1.54, 1.807) is 11.3 Å². The number of hydrogen-bond donors (Lipinski definition) is 0. The minimum absolute atomic E-state index is 0.809. The molecule has 0 fully saturated rings. The van der Waals surface area contributed by atoms with Crippen LogP contribution in [0.5, 0.6) is 0 Å². The minimum Gasteiger partial charge on any atom is -0.297 e. The first-order valence-electron chi connectivity index (χ1n) is 4.17. The number of hydrogen-bond acceptors (Lipinski definition) is 2. The van der Waals surface area contributed by atoms with Crippen molar-refractivity contribution < 1.29 is 4.79 Å². The van der Waals surface area contributed by atoms with E-state index in [0.29, 0.717) is 0 Å². The molecule has 2 rings (SSSR count). The lowest BCUT2D eigenvalue weighted by Gasteiger charge is -1.99. The summed E-state index contributed by atoms with van der Waals surface area (Å²) < 4.78 is 1.24. The maximum absolute atomic E-state index is 10.6. The normalized spacial score (nSPS) is 10.6. The van der Waals surface area contributed by atoms with Crippen molar-refractivity contribution in [2.45, 2.75) is 13.8 Å². The van der Waals surface area contributed by atoms with Gasteiger partial charge in [-0.1, -0.05) is 12.1 Å². The van der Waals surface area contributed by atoms with Crippen LogP contribution in [-0.4, -0.2) is 6.29 Å². The van der Waals surface area contributed by atoms with Crippen LogP contribution in [0.25, 0.3) is 10.1 Å². The quantitative estimate of drug-likeness (QED) is 0.630. The molecule has 0 saturated carbocycles. The number of aldehydes is 1. The molecule has 0 aliphatic heterocycles. The summed E-state index contributed by atoms with van der Waals surface area (Å²) in [5.74, 6) is 0. The maximum atomic E-state index is 10.6. The topological polar surface area (TPSA) is 17.1 Å². The van der Waals surface area contributed by atoms with Crippen molar-refractivity contribution in [3.63, 3.8) is 0 Å². The molecule has 0 N–H and O–H groups in total. The molecule has 0 unspecified atom stereocenters. The summed E-state index contributed by atoms with van der Waals surface area (Å²) in [7, 11) is 0. The Balaban J connectivity index is 2.83. The smallest absolute Gasteiger partial charge is 0.160 e. The van der Waals surface area contributed by atoms with Crippen LogP contribution in [0.3, 0.4) is 0 Å². The van der Waals surface area contributed by atoms with Gasteiger partial charge in [-0.3, -0.25) is 4.79 Å². The minimum atomic E-state index is 0.809. The van der Waals surface area contributed by atoms with Crippen LogP contribution in [0.2, 0.25) is 0 Å². The molecule has 1 nitrogen and oxygen atoms in total. The van der Waals surface area contributed by atoms with E-state index in [9.17, 15) is 4.79 Å². The zero-order chi connectivity index (χ0) is 9.42. The van der Waals surface area contributed by atoms with Crippen molar-refractivity contribution in [2.24, 2.45) is 0 Å². The van der Waals surface area contributed by atoms with Gasteiger partial charge in [0.2, 0.25) is 0 Å². The van der Waals surface area contributed by atoms with Crippen LogP contribution in [0.15, 0.2) is 18.2 Å². The lowest BCUT2D eigenvalue weighted by Crippen LogP contribution is -1.77. The van der Waals surface area contributed by atoms with E-state index in [-0.39, 0.29) is 0 Å². The lowest BCUT2D eigenvalue weighted by molar-refractivity contribution is 0.112. The van der Waals surface area contributed by atoms with Crippen molar-refractivity contribution in [3.8, 4) is 0 Å². The number of thiophene rings is 1. The van der Waals surface area contributed by atoms with Crippen LogP contribution in [0, 0.1) is 13.8 Å². The van der Waals surface area contributed by atoms with E-state index in [2.05, 4.69) is 26.0 Å². The third-order valence-electron chi connectivity index (χ3n) is 2.34. The fraction of sp³-hybridized carbons (Fsp3) is 0.182. The fourth-order valence-corrected chi connectivity index (χ4v) is 2.45. The van der Waals surface area contributed by atoms with Crippen molar-refractivity contribution >= 4 is 27.7 Å². The van der Waals surface area contributed by atoms with E-state index in [1.165, 1.54) is 21.2 Å². The van der Waals surface area contributed by atoms with Gasteiger partial charge in [0.15, 0.2) is 6.29 Å². The summed E-state index contributed by atoms with van der Waals surface area (Å²) in [6.07, 6.45) is 0.916. The largest absolute Gasteiger partial charge is 0.297 e. The number of aryl methyl sites for hydroxylation is 2. The van der Waals surface area contributed by atoms with Gasteiger partial charge < -0.3 is 0 Å². The Morgan fingerprint density at radius 3 is 2.77 bits per heavy atom. The summed E-state index contributed by atoms with van der Waals surface area (Å²) in [6.45, 7) is 4.19. The Labute approximate surface area is 81.0 Å². The van der Waals surface area contributed by atoms with Crippen LogP contribution in [0.1, 0.15) is 20.8 Å². The van der Waals surface area contributed by atoms with Gasteiger partial charge in [0, 0.05) is 4.70 Å². The highest BCUT2D eigenvalue weighted by Gasteiger charge is 2.04. The Hall–Kier alpha value is -1.15. The molecule has 0 spiro atoms. The van der Waals surface area contributed by atoms with Gasteiger partial charge in [0.25, 0.3) is 0 Å². The average Bonchev–Trinajstić information content (AvgIpc) is 2.55. The fourth-order valence-electron chi connectivity index (χ4n) is 1.42. The maximum Gasteiger partial charge on any atom is 0.160 e. The summed E-state index contributed by atoms with van der Waals surface area (Å²) in [5.41, 5.74) is 2.57. The molecule has 0 aliphatic rings. The van der Waals surface area contributed by atoms with Gasteiger partial charge in [0.05, 0.1) is 4.88 Å². The molecule has 66 valence electrons. The molecular formula is C11H10OS. The third kappa shape index (κ3) is 1.27. The predicted molar refractivity (Wildman–Crippen MR) is 56.7 cm³/mol. The van der Waals surface area contributed by atoms with Crippen molar-refractivity contribution in [1.82, 2.24) is 0 Å². The highest BCUT2D eigenvalue weighted by Crippen LogP contribution is 2.29. The van der Waals surface area contributed by atoms with Crippen molar-refractivity contribution in [2.75, 3.05) is 0 Å². The third-order valence-corrected chi connectivity index (χ3v) is 3.54. The monoisotopic (exact) mass is 190 g/mol. The molecule has 0 bridgehead atoms. The number of fused-ring (bicyclic) bond motifs is 1. The molecule has 2 aromatic rings. The summed E-state index contributed by atoms with van der Waals surface area (Å²) >= 11 is 1.57. The van der Waals surface area contributed by atoms with Crippen LogP contribution in [-0.2, 0) is 0 Å². The zero-order valence-corrected chi connectivity index (χ0v) is 8.44. The first-order chi connectivity index (χ1) is 6.22. The molecule has 13 heavy (non-hydrogen) atoms. The Kier molecular flexibility index (Phi) is 1.93. The van der Waals surface area contributed by atoms with E-state index >= 15 is 0 Å². The van der Waals surface area contributed by atoms with Gasteiger partial charge in [-0.25, -0.2) is 0 Å². The van der Waals surface area contributed by atoms with Gasteiger partial charge >= 0.3 is 0 Å². The number of rotatable bonds is 1. The van der Waals surface area contributed by atoms with Crippen LogP contribution in [0.4, 0.5) is 0 Å². The van der Waals surface area contributed by atoms with E-state index in [1.807, 2.05) is 6.07 Å². The number of benzene rings is 1. The molecule has 0 atom stereocenters. The Morgan fingerprint density at radius 1 is 1.31 bits per heavy atom. The Morgan fingerprint density at radius 2 is 2.08 bits per heavy atom. The highest BCUT2D eigenvalue weighted by atomic mass is 32.1. The number of carbonyl (C=O) groups excluding carboxylic acids is 1. The SMILES string of the molecule is Cc1ccc2cc(C=O)sc2c1C. The first kappa shape index (κ1) is 8.45. The molecule has 1 aromatic carbocycles. The lowest BCUT2D eigenvalue weighted by atomic mass is 10.1. The predicted octanol–water partition coefficient (Wildman–Crippen LogP) is 3.33. The van der Waals surface area contributed by atoms with Gasteiger partial charge in [-0.2, -0.15) is 0 Å². The summed E-state index contributed by atoms with van der Waals surface area (Å²) in [4.78, 5) is 11.4. The second-order valence-corrected chi connectivity index (χ2v) is 4.28. The molecule has 0 aliphatic carbocycles. The van der Waals surface area contributed by atoms with Gasteiger partial charge in [-0.05, 0) is 36.4 Å². The highest BCUT2D eigenvalue weighted by molar-refractivity contribution is 7.20. The first-order valence-corrected chi connectivity index (χ1v) is 4.99. The molecular weight excluding hydrogens is 180 g/mol. The van der Waals surface area contributed by atoms with Gasteiger partial charge in [-0.15, -0.1) is 11.3 Å². The average molecular weight is 190 g/mol. The van der Waals surface area contributed by atoms with Crippen molar-refractivity contribution in [1.29, 1.82) is 0 Å². The summed E-state index contributed by atoms with van der Waals surface area (Å²) in [6, 6.07) is 6.11. The molecule has 0 radical (unpaired) electrons. The second kappa shape index (κ2) is 2.96. The van der Waals surface area contributed by atoms with E-state index in [4.69, 9.17) is 0 Å². The molecule has 1 heterocycles. The van der Waals surface area contributed by atoms with E-state index in [0.717, 1.165) is 11.2 Å². The Bertz CT molecular complexity index is 468. The molecule has 2 heteroatoms. The van der Waals surface area contributed by atoms with E-state index < -0.39 is 0 Å². The standard InChI is InChI=1S/C11H10OS/c1-7-3-4-9-5-10(6-12)13-11(9)8(7)2/h3-6H,1-2H3. The number of carbonyl (C=O) groups is 1. The van der Waals surface area contributed by atoms with Gasteiger partial charge in [0.1, 0.15) is 0 Å².